The van der Waals surface area contributed by atoms with Crippen molar-refractivity contribution < 1.29 is 9.90 Å². The highest BCUT2D eigenvalue weighted by atomic mass is 16.3. The topological polar surface area (TPSA) is 78.3 Å². The summed E-state index contributed by atoms with van der Waals surface area (Å²) in [5.74, 6) is -0.314. The lowest BCUT2D eigenvalue weighted by Gasteiger charge is -2.30. The van der Waals surface area contributed by atoms with Crippen LogP contribution in [0.25, 0.3) is 0 Å². The lowest BCUT2D eigenvalue weighted by Crippen LogP contribution is -2.42. The predicted molar refractivity (Wildman–Crippen MR) is 90.5 cm³/mol. The zero-order valence-corrected chi connectivity index (χ0v) is 13.8. The highest BCUT2D eigenvalue weighted by Gasteiger charge is 2.19. The second-order valence-corrected chi connectivity index (χ2v) is 6.16. The Balaban J connectivity index is 1.47. The molecule has 0 unspecified atom stereocenters. The van der Waals surface area contributed by atoms with E-state index in [0.29, 0.717) is 6.54 Å². The van der Waals surface area contributed by atoms with Gasteiger partial charge in [0.2, 0.25) is 0 Å². The summed E-state index contributed by atoms with van der Waals surface area (Å²) in [4.78, 5) is 22.3. The molecule has 0 aliphatic carbocycles. The first-order chi connectivity index (χ1) is 11.6. The zero-order chi connectivity index (χ0) is 16.9. The van der Waals surface area contributed by atoms with Crippen LogP contribution in [0.1, 0.15) is 27.3 Å². The molecule has 0 fully saturated rings. The Morgan fingerprint density at radius 2 is 2.08 bits per heavy atom. The van der Waals surface area contributed by atoms with Gasteiger partial charge in [0.05, 0.1) is 18.0 Å². The standard InChI is InChI=1S/C18H22N4O2/c1-13-8-20-17(10-19-13)18(24)21-9-16(23)12-22-7-6-14-4-2-3-5-15(14)11-22/h2-5,8,10,16,23H,6-7,9,11-12H2,1H3,(H,21,24)/t16-/m0/s1. The molecule has 1 aromatic heterocycles. The average Bonchev–Trinajstić information content (AvgIpc) is 2.60. The van der Waals surface area contributed by atoms with Gasteiger partial charge < -0.3 is 10.4 Å². The van der Waals surface area contributed by atoms with Crippen LogP contribution in [-0.2, 0) is 13.0 Å². The number of carbonyl (C=O) groups is 1. The number of rotatable bonds is 5. The molecule has 1 atom stereocenters. The zero-order valence-electron chi connectivity index (χ0n) is 13.8. The van der Waals surface area contributed by atoms with Crippen molar-refractivity contribution in [1.82, 2.24) is 20.2 Å². The van der Waals surface area contributed by atoms with Gasteiger partial charge in [-0.1, -0.05) is 24.3 Å². The van der Waals surface area contributed by atoms with Crippen LogP contribution in [0.5, 0.6) is 0 Å². The Morgan fingerprint density at radius 3 is 2.83 bits per heavy atom. The number of nitrogens with zero attached hydrogens (tertiary/aromatic N) is 3. The van der Waals surface area contributed by atoms with Gasteiger partial charge in [-0.15, -0.1) is 0 Å². The van der Waals surface area contributed by atoms with Crippen LogP contribution in [0.3, 0.4) is 0 Å². The van der Waals surface area contributed by atoms with E-state index < -0.39 is 6.10 Å². The van der Waals surface area contributed by atoms with E-state index in [-0.39, 0.29) is 18.1 Å². The van der Waals surface area contributed by atoms with Crippen molar-refractivity contribution in [3.05, 3.63) is 59.2 Å². The number of hydrogen-bond acceptors (Lipinski definition) is 5. The van der Waals surface area contributed by atoms with E-state index in [0.717, 1.165) is 25.2 Å². The minimum atomic E-state index is -0.613. The Morgan fingerprint density at radius 1 is 1.29 bits per heavy atom. The van der Waals surface area contributed by atoms with Gasteiger partial charge in [-0.3, -0.25) is 14.7 Å². The quantitative estimate of drug-likeness (QED) is 0.855. The fourth-order valence-electron chi connectivity index (χ4n) is 2.88. The molecule has 3 rings (SSSR count). The van der Waals surface area contributed by atoms with Crippen LogP contribution in [0.2, 0.25) is 0 Å². The Bertz CT molecular complexity index is 702. The van der Waals surface area contributed by atoms with Crippen molar-refractivity contribution in [1.29, 1.82) is 0 Å². The van der Waals surface area contributed by atoms with Gasteiger partial charge in [0.1, 0.15) is 5.69 Å². The van der Waals surface area contributed by atoms with E-state index in [1.165, 1.54) is 17.3 Å². The summed E-state index contributed by atoms with van der Waals surface area (Å²) in [5, 5.41) is 12.9. The third-order valence-corrected chi connectivity index (χ3v) is 4.19. The molecule has 2 heterocycles. The average molecular weight is 326 g/mol. The van der Waals surface area contributed by atoms with Gasteiger partial charge >= 0.3 is 0 Å². The van der Waals surface area contributed by atoms with Gasteiger partial charge in [0, 0.05) is 32.4 Å². The number of β-amino-alcohol motifs (C(OH)–C–C–N with tert-alkyl or cyclic N) is 1. The first-order valence-electron chi connectivity index (χ1n) is 8.16. The van der Waals surface area contributed by atoms with Crippen LogP contribution in [0.15, 0.2) is 36.7 Å². The Kier molecular flexibility index (Phi) is 5.17. The van der Waals surface area contributed by atoms with Gasteiger partial charge in [-0.2, -0.15) is 0 Å². The maximum absolute atomic E-state index is 12.0. The van der Waals surface area contributed by atoms with Gasteiger partial charge in [-0.05, 0) is 24.5 Å². The summed E-state index contributed by atoms with van der Waals surface area (Å²) in [5.41, 5.74) is 3.72. The lowest BCUT2D eigenvalue weighted by atomic mass is 10.00. The van der Waals surface area contributed by atoms with E-state index in [1.54, 1.807) is 6.20 Å². The molecule has 6 heteroatoms. The molecule has 0 radical (unpaired) electrons. The van der Waals surface area contributed by atoms with E-state index >= 15 is 0 Å². The van der Waals surface area contributed by atoms with Crippen LogP contribution < -0.4 is 5.32 Å². The fourth-order valence-corrected chi connectivity index (χ4v) is 2.88. The molecule has 126 valence electrons. The number of nitrogens with one attached hydrogen (secondary N) is 1. The molecule has 24 heavy (non-hydrogen) atoms. The Hall–Kier alpha value is -2.31. The first-order valence-corrected chi connectivity index (χ1v) is 8.16. The lowest BCUT2D eigenvalue weighted by molar-refractivity contribution is 0.0837. The summed E-state index contributed by atoms with van der Waals surface area (Å²) in [6.45, 7) is 4.31. The van der Waals surface area contributed by atoms with Crippen molar-refractivity contribution in [2.75, 3.05) is 19.6 Å². The number of aliphatic hydroxyl groups excluding tert-OH is 1. The number of hydrogen-bond donors (Lipinski definition) is 2. The van der Waals surface area contributed by atoms with Gasteiger partial charge in [-0.25, -0.2) is 4.98 Å². The van der Waals surface area contributed by atoms with Crippen LogP contribution in [0, 0.1) is 6.92 Å². The van der Waals surface area contributed by atoms with Crippen molar-refractivity contribution in [2.45, 2.75) is 26.0 Å². The molecule has 0 bridgehead atoms. The summed E-state index contributed by atoms with van der Waals surface area (Å²) in [7, 11) is 0. The maximum atomic E-state index is 12.0. The highest BCUT2D eigenvalue weighted by Crippen LogP contribution is 2.18. The second kappa shape index (κ2) is 7.51. The monoisotopic (exact) mass is 326 g/mol. The number of fused-ring (bicyclic) bond motifs is 1. The molecular weight excluding hydrogens is 304 g/mol. The molecule has 2 N–H and O–H groups in total. The van der Waals surface area contributed by atoms with Crippen LogP contribution in [0.4, 0.5) is 0 Å². The fraction of sp³-hybridized carbons (Fsp3) is 0.389. The van der Waals surface area contributed by atoms with Crippen LogP contribution in [-0.4, -0.2) is 51.6 Å². The second-order valence-electron chi connectivity index (χ2n) is 6.16. The third-order valence-electron chi connectivity index (χ3n) is 4.19. The SMILES string of the molecule is Cc1cnc(C(=O)NC[C@H](O)CN2CCc3ccccc3C2)cn1. The predicted octanol–water partition coefficient (Wildman–Crippen LogP) is 0.934. The molecular formula is C18H22N4O2. The molecule has 0 saturated heterocycles. The van der Waals surface area contributed by atoms with E-state index in [1.807, 2.05) is 13.0 Å². The number of aromatic nitrogens is 2. The molecule has 0 saturated carbocycles. The maximum Gasteiger partial charge on any atom is 0.271 e. The van der Waals surface area contributed by atoms with Crippen molar-refractivity contribution >= 4 is 5.91 Å². The molecule has 0 spiro atoms. The van der Waals surface area contributed by atoms with Crippen LogP contribution >= 0.6 is 0 Å². The molecule has 1 aromatic carbocycles. The van der Waals surface area contributed by atoms with E-state index in [4.69, 9.17) is 0 Å². The van der Waals surface area contributed by atoms with Crippen molar-refractivity contribution in [3.8, 4) is 0 Å². The van der Waals surface area contributed by atoms with Gasteiger partial charge in [0.15, 0.2) is 0 Å². The first kappa shape index (κ1) is 16.5. The van der Waals surface area contributed by atoms with E-state index in [2.05, 4.69) is 38.4 Å². The van der Waals surface area contributed by atoms with E-state index in [9.17, 15) is 9.90 Å². The number of amides is 1. The molecule has 1 aliphatic heterocycles. The number of benzene rings is 1. The summed E-state index contributed by atoms with van der Waals surface area (Å²) >= 11 is 0. The molecule has 6 nitrogen and oxygen atoms in total. The van der Waals surface area contributed by atoms with Crippen molar-refractivity contribution in [3.63, 3.8) is 0 Å². The largest absolute Gasteiger partial charge is 0.390 e. The minimum Gasteiger partial charge on any atom is -0.390 e. The summed E-state index contributed by atoms with van der Waals surface area (Å²) in [6.07, 6.45) is 3.38. The number of aryl methyl sites for hydroxylation is 1. The highest BCUT2D eigenvalue weighted by molar-refractivity contribution is 5.91. The molecule has 1 amide bonds. The summed E-state index contributed by atoms with van der Waals surface area (Å²) in [6, 6.07) is 8.39. The molecule has 2 aromatic rings. The molecule has 1 aliphatic rings. The number of aliphatic hydroxyl groups is 1. The number of carbonyl (C=O) groups excluding carboxylic acids is 1. The smallest absolute Gasteiger partial charge is 0.271 e. The van der Waals surface area contributed by atoms with Crippen molar-refractivity contribution in [2.24, 2.45) is 0 Å². The Labute approximate surface area is 141 Å². The normalized spacial score (nSPS) is 15.6. The summed E-state index contributed by atoms with van der Waals surface area (Å²) < 4.78 is 0. The van der Waals surface area contributed by atoms with Gasteiger partial charge in [0.25, 0.3) is 5.91 Å². The third kappa shape index (κ3) is 4.15. The minimum absolute atomic E-state index is 0.201.